The van der Waals surface area contributed by atoms with Crippen molar-refractivity contribution in [3.63, 3.8) is 0 Å². The molecule has 0 saturated heterocycles. The molecular weight excluding hydrogens is 292 g/mol. The number of benzene rings is 1. The van der Waals surface area contributed by atoms with E-state index < -0.39 is 0 Å². The van der Waals surface area contributed by atoms with Crippen molar-refractivity contribution in [1.82, 2.24) is 5.43 Å². The van der Waals surface area contributed by atoms with Crippen LogP contribution < -0.4 is 14.9 Å². The van der Waals surface area contributed by atoms with Gasteiger partial charge in [-0.05, 0) is 42.7 Å². The molecular formula is C18H26N2O3. The fourth-order valence-electron chi connectivity index (χ4n) is 3.25. The van der Waals surface area contributed by atoms with Crippen LogP contribution in [0.25, 0.3) is 0 Å². The summed E-state index contributed by atoms with van der Waals surface area (Å²) >= 11 is 0. The summed E-state index contributed by atoms with van der Waals surface area (Å²) < 4.78 is 10.7. The molecule has 1 aromatic carbocycles. The van der Waals surface area contributed by atoms with Crippen molar-refractivity contribution in [2.24, 2.45) is 16.4 Å². The van der Waals surface area contributed by atoms with Gasteiger partial charge >= 0.3 is 0 Å². The number of methoxy groups -OCH3 is 1. The number of hydrazone groups is 1. The van der Waals surface area contributed by atoms with Crippen molar-refractivity contribution < 1.29 is 14.3 Å². The molecule has 1 aliphatic carbocycles. The molecule has 0 aliphatic heterocycles. The minimum Gasteiger partial charge on any atom is -0.493 e. The number of ether oxygens (including phenoxy) is 2. The molecule has 1 N–H and O–H groups in total. The Balaban J connectivity index is 1.86. The Kier molecular flexibility index (Phi) is 5.64. The first-order valence-electron chi connectivity index (χ1n) is 8.00. The quantitative estimate of drug-likeness (QED) is 0.847. The van der Waals surface area contributed by atoms with E-state index in [1.807, 2.05) is 12.1 Å². The van der Waals surface area contributed by atoms with E-state index in [0.717, 1.165) is 18.6 Å². The van der Waals surface area contributed by atoms with Gasteiger partial charge in [-0.25, -0.2) is 5.43 Å². The average molecular weight is 318 g/mol. The van der Waals surface area contributed by atoms with Gasteiger partial charge in [-0.1, -0.05) is 32.9 Å². The molecule has 1 fully saturated rings. The van der Waals surface area contributed by atoms with Crippen molar-refractivity contribution in [3.05, 3.63) is 24.3 Å². The Hall–Kier alpha value is -2.04. The van der Waals surface area contributed by atoms with Crippen LogP contribution in [-0.4, -0.2) is 25.3 Å². The predicted octanol–water partition coefficient (Wildman–Crippen LogP) is 3.39. The molecule has 23 heavy (non-hydrogen) atoms. The summed E-state index contributed by atoms with van der Waals surface area (Å²) in [6.07, 6.45) is 3.05. The van der Waals surface area contributed by atoms with Crippen LogP contribution in [0.2, 0.25) is 0 Å². The molecule has 5 nitrogen and oxygen atoms in total. The van der Waals surface area contributed by atoms with Crippen molar-refractivity contribution in [3.8, 4) is 11.5 Å². The zero-order valence-electron chi connectivity index (χ0n) is 14.4. The first-order valence-corrected chi connectivity index (χ1v) is 8.00. The molecule has 1 amide bonds. The third kappa shape index (κ3) is 5.27. The number of rotatable bonds is 5. The number of para-hydroxylation sites is 2. The molecule has 126 valence electrons. The van der Waals surface area contributed by atoms with Crippen LogP contribution in [-0.2, 0) is 4.79 Å². The number of hydrogen-bond donors (Lipinski definition) is 1. The Morgan fingerprint density at radius 3 is 2.70 bits per heavy atom. The van der Waals surface area contributed by atoms with E-state index in [2.05, 4.69) is 31.3 Å². The second kappa shape index (κ2) is 7.49. The lowest BCUT2D eigenvalue weighted by Gasteiger charge is -2.34. The molecule has 0 radical (unpaired) electrons. The van der Waals surface area contributed by atoms with E-state index in [1.54, 1.807) is 19.2 Å². The highest BCUT2D eigenvalue weighted by Crippen LogP contribution is 2.36. The molecule has 0 bridgehead atoms. The molecule has 0 heterocycles. The van der Waals surface area contributed by atoms with E-state index in [1.165, 1.54) is 6.42 Å². The average Bonchev–Trinajstić information content (AvgIpc) is 2.49. The fourth-order valence-corrected chi connectivity index (χ4v) is 3.25. The van der Waals surface area contributed by atoms with Gasteiger partial charge in [-0.15, -0.1) is 0 Å². The molecule has 1 aliphatic rings. The second-order valence-corrected chi connectivity index (χ2v) is 7.01. The van der Waals surface area contributed by atoms with Crippen molar-refractivity contribution in [2.75, 3.05) is 13.7 Å². The van der Waals surface area contributed by atoms with Gasteiger partial charge in [0.05, 0.1) is 7.11 Å². The standard InChI is InChI=1S/C18H26N2O3/c1-13-9-14(11-18(2,3)10-13)19-20-17(21)12-23-16-8-6-5-7-15(16)22-4/h5-8,13H,9-12H2,1-4H3,(H,20,21). The van der Waals surface area contributed by atoms with E-state index in [4.69, 9.17) is 9.47 Å². The molecule has 0 spiro atoms. The largest absolute Gasteiger partial charge is 0.493 e. The van der Waals surface area contributed by atoms with E-state index >= 15 is 0 Å². The zero-order valence-corrected chi connectivity index (χ0v) is 14.4. The van der Waals surface area contributed by atoms with Crippen molar-refractivity contribution in [2.45, 2.75) is 40.0 Å². The number of nitrogens with zero attached hydrogens (tertiary/aromatic N) is 1. The maximum atomic E-state index is 11.9. The minimum atomic E-state index is -0.264. The Labute approximate surface area is 138 Å². The first kappa shape index (κ1) is 17.3. The van der Waals surface area contributed by atoms with Gasteiger partial charge in [0.25, 0.3) is 5.91 Å². The Morgan fingerprint density at radius 1 is 1.35 bits per heavy atom. The lowest BCUT2D eigenvalue weighted by atomic mass is 9.72. The minimum absolute atomic E-state index is 0.0872. The van der Waals surface area contributed by atoms with E-state index in [9.17, 15) is 4.79 Å². The van der Waals surface area contributed by atoms with Gasteiger partial charge in [-0.2, -0.15) is 5.10 Å². The summed E-state index contributed by atoms with van der Waals surface area (Å²) in [4.78, 5) is 11.9. The van der Waals surface area contributed by atoms with Gasteiger partial charge in [0.15, 0.2) is 18.1 Å². The molecule has 0 aromatic heterocycles. The predicted molar refractivity (Wildman–Crippen MR) is 90.9 cm³/mol. The first-order chi connectivity index (χ1) is 10.9. The monoisotopic (exact) mass is 318 g/mol. The van der Waals surface area contributed by atoms with E-state index in [-0.39, 0.29) is 17.9 Å². The summed E-state index contributed by atoms with van der Waals surface area (Å²) in [5.74, 6) is 1.48. The number of carbonyl (C=O) groups is 1. The maximum absolute atomic E-state index is 11.9. The normalized spacial score (nSPS) is 21.7. The van der Waals surface area contributed by atoms with Gasteiger partial charge in [0, 0.05) is 5.71 Å². The second-order valence-electron chi connectivity index (χ2n) is 7.01. The highest BCUT2D eigenvalue weighted by Gasteiger charge is 2.29. The Bertz CT molecular complexity index is 581. The van der Waals surface area contributed by atoms with Gasteiger partial charge in [0.2, 0.25) is 0 Å². The van der Waals surface area contributed by atoms with Gasteiger partial charge in [-0.3, -0.25) is 4.79 Å². The van der Waals surface area contributed by atoms with Crippen LogP contribution in [0.15, 0.2) is 29.4 Å². The van der Waals surface area contributed by atoms with Gasteiger partial charge < -0.3 is 9.47 Å². The molecule has 1 unspecified atom stereocenters. The maximum Gasteiger partial charge on any atom is 0.277 e. The van der Waals surface area contributed by atoms with Gasteiger partial charge in [0.1, 0.15) is 0 Å². The third-order valence-electron chi connectivity index (χ3n) is 3.93. The number of carbonyl (C=O) groups excluding carboxylic acids is 1. The SMILES string of the molecule is COc1ccccc1OCC(=O)NN=C1CC(C)CC(C)(C)C1. The number of amides is 1. The summed E-state index contributed by atoms with van der Waals surface area (Å²) in [5.41, 5.74) is 3.90. The van der Waals surface area contributed by atoms with Crippen molar-refractivity contribution in [1.29, 1.82) is 0 Å². The third-order valence-corrected chi connectivity index (χ3v) is 3.93. The van der Waals surface area contributed by atoms with Crippen LogP contribution in [0, 0.1) is 11.3 Å². The van der Waals surface area contributed by atoms with Crippen LogP contribution in [0.3, 0.4) is 0 Å². The molecule has 5 heteroatoms. The highest BCUT2D eigenvalue weighted by atomic mass is 16.5. The topological polar surface area (TPSA) is 59.9 Å². The lowest BCUT2D eigenvalue weighted by Crippen LogP contribution is -2.31. The highest BCUT2D eigenvalue weighted by molar-refractivity contribution is 5.87. The molecule has 1 aromatic rings. The summed E-state index contributed by atoms with van der Waals surface area (Å²) in [5, 5.41) is 4.29. The summed E-state index contributed by atoms with van der Waals surface area (Å²) in [7, 11) is 1.57. The number of hydrogen-bond acceptors (Lipinski definition) is 4. The zero-order chi connectivity index (χ0) is 16.9. The number of nitrogens with one attached hydrogen (secondary N) is 1. The Morgan fingerprint density at radius 2 is 2.04 bits per heavy atom. The molecule has 2 rings (SSSR count). The van der Waals surface area contributed by atoms with Crippen LogP contribution in [0.4, 0.5) is 0 Å². The lowest BCUT2D eigenvalue weighted by molar-refractivity contribution is -0.123. The van der Waals surface area contributed by atoms with E-state index in [0.29, 0.717) is 17.4 Å². The molecule has 1 atom stereocenters. The molecule has 1 saturated carbocycles. The summed E-state index contributed by atoms with van der Waals surface area (Å²) in [6.45, 7) is 6.62. The fraction of sp³-hybridized carbons (Fsp3) is 0.556. The van der Waals surface area contributed by atoms with Crippen molar-refractivity contribution >= 4 is 11.6 Å². The van der Waals surface area contributed by atoms with Crippen LogP contribution in [0.5, 0.6) is 11.5 Å². The summed E-state index contributed by atoms with van der Waals surface area (Å²) in [6, 6.07) is 7.24. The smallest absolute Gasteiger partial charge is 0.277 e. The van der Waals surface area contributed by atoms with Crippen LogP contribution in [0.1, 0.15) is 40.0 Å². The van der Waals surface area contributed by atoms with Crippen LogP contribution >= 0.6 is 0 Å².